The smallest absolute Gasteiger partial charge is 0.313 e. The fourth-order valence-electron chi connectivity index (χ4n) is 2.51. The Hall–Kier alpha value is -0.610. The number of ether oxygens (including phenoxy) is 2. The lowest BCUT2D eigenvalue weighted by atomic mass is 9.88. The topological polar surface area (TPSA) is 61.5 Å². The molecule has 1 saturated carbocycles. The minimum Gasteiger partial charge on any atom is -0.462 e. The Kier molecular flexibility index (Phi) is 3.82. The molecule has 4 unspecified atom stereocenters. The normalized spacial score (nSPS) is 39.6. The number of nitrogens with two attached hydrogens (primary N) is 1. The zero-order valence-corrected chi connectivity index (χ0v) is 9.85. The van der Waals surface area contributed by atoms with E-state index in [1.54, 1.807) is 0 Å². The molecule has 4 heteroatoms. The summed E-state index contributed by atoms with van der Waals surface area (Å²) in [5, 5.41) is 0. The van der Waals surface area contributed by atoms with Gasteiger partial charge in [0.25, 0.3) is 0 Å². The first-order chi connectivity index (χ1) is 7.68. The van der Waals surface area contributed by atoms with Gasteiger partial charge in [-0.05, 0) is 25.2 Å². The number of hydrogen-bond donors (Lipinski definition) is 1. The van der Waals surface area contributed by atoms with Gasteiger partial charge in [-0.15, -0.1) is 0 Å². The van der Waals surface area contributed by atoms with Gasteiger partial charge in [-0.1, -0.05) is 13.3 Å². The molecule has 0 bridgehead atoms. The molecule has 2 aliphatic rings. The molecule has 4 atom stereocenters. The molecule has 2 fully saturated rings. The van der Waals surface area contributed by atoms with E-state index in [0.717, 1.165) is 19.3 Å². The van der Waals surface area contributed by atoms with E-state index < -0.39 is 0 Å². The third-order valence-corrected chi connectivity index (χ3v) is 3.73. The second-order valence-electron chi connectivity index (χ2n) is 5.04. The molecule has 16 heavy (non-hydrogen) atoms. The standard InChI is InChI=1S/C12H21NO3/c1-8-4-2-3-5-11(8)16-12(14)9-6-15-7-10(9)13/h8-11H,2-7,13H2,1H3. The average molecular weight is 227 g/mol. The van der Waals surface area contributed by atoms with E-state index in [1.165, 1.54) is 6.42 Å². The third-order valence-electron chi connectivity index (χ3n) is 3.73. The van der Waals surface area contributed by atoms with Crippen molar-refractivity contribution in [2.24, 2.45) is 17.6 Å². The summed E-state index contributed by atoms with van der Waals surface area (Å²) in [6, 6.07) is -0.189. The van der Waals surface area contributed by atoms with Crippen LogP contribution in [-0.4, -0.2) is 31.3 Å². The molecule has 0 aromatic carbocycles. The molecule has 2 N–H and O–H groups in total. The highest BCUT2D eigenvalue weighted by atomic mass is 16.6. The van der Waals surface area contributed by atoms with E-state index >= 15 is 0 Å². The van der Waals surface area contributed by atoms with Gasteiger partial charge in [0.05, 0.1) is 19.1 Å². The summed E-state index contributed by atoms with van der Waals surface area (Å²) in [4.78, 5) is 11.9. The van der Waals surface area contributed by atoms with E-state index in [2.05, 4.69) is 6.92 Å². The maximum atomic E-state index is 11.9. The van der Waals surface area contributed by atoms with Crippen molar-refractivity contribution in [2.45, 2.75) is 44.8 Å². The van der Waals surface area contributed by atoms with Crippen LogP contribution < -0.4 is 5.73 Å². The van der Waals surface area contributed by atoms with Crippen molar-refractivity contribution in [3.05, 3.63) is 0 Å². The van der Waals surface area contributed by atoms with E-state index in [9.17, 15) is 4.79 Å². The van der Waals surface area contributed by atoms with Crippen molar-refractivity contribution in [3.8, 4) is 0 Å². The maximum absolute atomic E-state index is 11.9. The predicted molar refractivity (Wildman–Crippen MR) is 59.8 cm³/mol. The lowest BCUT2D eigenvalue weighted by Gasteiger charge is -2.29. The number of carbonyl (C=O) groups is 1. The predicted octanol–water partition coefficient (Wildman–Crippen LogP) is 1.08. The fourth-order valence-corrected chi connectivity index (χ4v) is 2.51. The molecule has 1 heterocycles. The van der Waals surface area contributed by atoms with Gasteiger partial charge < -0.3 is 15.2 Å². The Morgan fingerprint density at radius 3 is 2.69 bits per heavy atom. The minimum absolute atomic E-state index is 0.0917. The molecule has 2 rings (SSSR count). The average Bonchev–Trinajstić information content (AvgIpc) is 2.68. The van der Waals surface area contributed by atoms with Crippen LogP contribution in [-0.2, 0) is 14.3 Å². The molecule has 4 nitrogen and oxygen atoms in total. The second kappa shape index (κ2) is 5.15. The third kappa shape index (κ3) is 2.55. The van der Waals surface area contributed by atoms with Gasteiger partial charge in [0.2, 0.25) is 0 Å². The number of hydrogen-bond acceptors (Lipinski definition) is 4. The summed E-state index contributed by atoms with van der Waals surface area (Å²) in [5.41, 5.74) is 5.79. The van der Waals surface area contributed by atoms with Gasteiger partial charge in [-0.25, -0.2) is 0 Å². The summed E-state index contributed by atoms with van der Waals surface area (Å²) in [7, 11) is 0. The van der Waals surface area contributed by atoms with Crippen LogP contribution in [0.3, 0.4) is 0 Å². The van der Waals surface area contributed by atoms with E-state index in [-0.39, 0.29) is 24.0 Å². The first-order valence-corrected chi connectivity index (χ1v) is 6.22. The molecule has 0 aromatic heterocycles. The van der Waals surface area contributed by atoms with Gasteiger partial charge in [-0.2, -0.15) is 0 Å². The Morgan fingerprint density at radius 2 is 2.06 bits per heavy atom. The van der Waals surface area contributed by atoms with Gasteiger partial charge in [0.1, 0.15) is 6.10 Å². The first-order valence-electron chi connectivity index (χ1n) is 6.22. The van der Waals surface area contributed by atoms with Crippen molar-refractivity contribution in [1.82, 2.24) is 0 Å². The molecule has 1 aliphatic carbocycles. The quantitative estimate of drug-likeness (QED) is 0.717. The van der Waals surface area contributed by atoms with Crippen LogP contribution in [0.25, 0.3) is 0 Å². The highest BCUT2D eigenvalue weighted by Crippen LogP contribution is 2.27. The lowest BCUT2D eigenvalue weighted by molar-refractivity contribution is -0.158. The highest BCUT2D eigenvalue weighted by molar-refractivity contribution is 5.74. The summed E-state index contributed by atoms with van der Waals surface area (Å²) in [6.45, 7) is 3.04. The molecular weight excluding hydrogens is 206 g/mol. The molecule has 0 aromatic rings. The molecule has 0 radical (unpaired) electrons. The first kappa shape index (κ1) is 11.9. The van der Waals surface area contributed by atoms with E-state index in [0.29, 0.717) is 19.1 Å². The molecule has 0 spiro atoms. The van der Waals surface area contributed by atoms with Crippen molar-refractivity contribution in [2.75, 3.05) is 13.2 Å². The summed E-state index contributed by atoms with van der Waals surface area (Å²) in [6.07, 6.45) is 4.66. The summed E-state index contributed by atoms with van der Waals surface area (Å²) >= 11 is 0. The van der Waals surface area contributed by atoms with Gasteiger partial charge in [0.15, 0.2) is 0 Å². The Bertz CT molecular complexity index is 257. The molecule has 1 saturated heterocycles. The summed E-state index contributed by atoms with van der Waals surface area (Å²) in [5.74, 6) is 0.0640. The molecular formula is C12H21NO3. The van der Waals surface area contributed by atoms with E-state index in [4.69, 9.17) is 15.2 Å². The number of esters is 1. The van der Waals surface area contributed by atoms with Gasteiger partial charge >= 0.3 is 5.97 Å². The van der Waals surface area contributed by atoms with Crippen molar-refractivity contribution < 1.29 is 14.3 Å². The fraction of sp³-hybridized carbons (Fsp3) is 0.917. The molecule has 1 aliphatic heterocycles. The Balaban J connectivity index is 1.86. The van der Waals surface area contributed by atoms with Crippen LogP contribution >= 0.6 is 0 Å². The minimum atomic E-state index is -0.255. The van der Waals surface area contributed by atoms with Crippen molar-refractivity contribution >= 4 is 5.97 Å². The Labute approximate surface area is 96.5 Å². The van der Waals surface area contributed by atoms with Gasteiger partial charge in [-0.3, -0.25) is 4.79 Å². The molecule has 0 amide bonds. The number of rotatable bonds is 2. The van der Waals surface area contributed by atoms with Crippen LogP contribution in [0.1, 0.15) is 32.6 Å². The Morgan fingerprint density at radius 1 is 1.31 bits per heavy atom. The van der Waals surface area contributed by atoms with Crippen LogP contribution in [0.5, 0.6) is 0 Å². The van der Waals surface area contributed by atoms with Crippen LogP contribution in [0.2, 0.25) is 0 Å². The second-order valence-corrected chi connectivity index (χ2v) is 5.04. The lowest BCUT2D eigenvalue weighted by Crippen LogP contribution is -2.38. The highest BCUT2D eigenvalue weighted by Gasteiger charge is 2.35. The monoisotopic (exact) mass is 227 g/mol. The van der Waals surface area contributed by atoms with Crippen molar-refractivity contribution in [1.29, 1.82) is 0 Å². The van der Waals surface area contributed by atoms with Crippen LogP contribution in [0.15, 0.2) is 0 Å². The van der Waals surface area contributed by atoms with Crippen LogP contribution in [0.4, 0.5) is 0 Å². The van der Waals surface area contributed by atoms with E-state index in [1.807, 2.05) is 0 Å². The SMILES string of the molecule is CC1CCCCC1OC(=O)C1COCC1N. The maximum Gasteiger partial charge on any atom is 0.313 e. The number of carbonyl (C=O) groups excluding carboxylic acids is 1. The molecule has 92 valence electrons. The van der Waals surface area contributed by atoms with Crippen LogP contribution in [0, 0.1) is 11.8 Å². The zero-order chi connectivity index (χ0) is 11.5. The zero-order valence-electron chi connectivity index (χ0n) is 9.85. The largest absolute Gasteiger partial charge is 0.462 e. The van der Waals surface area contributed by atoms with Gasteiger partial charge in [0, 0.05) is 6.04 Å². The van der Waals surface area contributed by atoms with Crippen molar-refractivity contribution in [3.63, 3.8) is 0 Å². The summed E-state index contributed by atoms with van der Waals surface area (Å²) < 4.78 is 10.7.